The average Bonchev–Trinajstić information content (AvgIpc) is 3.42. The molecule has 160 valence electrons. The summed E-state index contributed by atoms with van der Waals surface area (Å²) in [5.74, 6) is -0.315. The van der Waals surface area contributed by atoms with Crippen molar-refractivity contribution in [1.29, 1.82) is 0 Å². The van der Waals surface area contributed by atoms with E-state index in [-0.39, 0.29) is 11.8 Å². The van der Waals surface area contributed by atoms with Crippen LogP contribution in [0.15, 0.2) is 48.8 Å². The molecule has 3 heterocycles. The summed E-state index contributed by atoms with van der Waals surface area (Å²) < 4.78 is 24.9. The summed E-state index contributed by atoms with van der Waals surface area (Å²) >= 11 is 0. The average molecular weight is 438 g/mol. The van der Waals surface area contributed by atoms with Crippen molar-refractivity contribution in [2.24, 2.45) is 5.92 Å². The van der Waals surface area contributed by atoms with Crippen LogP contribution in [0.3, 0.4) is 0 Å². The van der Waals surface area contributed by atoms with Crippen molar-refractivity contribution in [3.8, 4) is 11.1 Å². The monoisotopic (exact) mass is 437 g/mol. The number of nitrogens with zero attached hydrogens (tertiary/aromatic N) is 2. The first kappa shape index (κ1) is 19.8. The molecule has 0 saturated carbocycles. The minimum atomic E-state index is -3.22. The molecular weight excluding hydrogens is 414 g/mol. The molecule has 2 aromatic carbocycles. The van der Waals surface area contributed by atoms with Crippen LogP contribution >= 0.6 is 0 Å². The highest BCUT2D eigenvalue weighted by Crippen LogP contribution is 2.34. The lowest BCUT2D eigenvalue weighted by molar-refractivity contribution is -0.120. The number of anilines is 1. The highest BCUT2D eigenvalue weighted by molar-refractivity contribution is 7.88. The maximum Gasteiger partial charge on any atom is 0.227 e. The number of hydrogen-bond acceptors (Lipinski definition) is 4. The number of piperidine rings is 1. The van der Waals surface area contributed by atoms with Gasteiger partial charge in [0.2, 0.25) is 15.9 Å². The largest absolute Gasteiger partial charge is 0.361 e. The first-order valence-corrected chi connectivity index (χ1v) is 12.0. The fourth-order valence-corrected chi connectivity index (χ4v) is 5.21. The Morgan fingerprint density at radius 1 is 1.13 bits per heavy atom. The number of sulfonamides is 1. The van der Waals surface area contributed by atoms with Crippen LogP contribution in [0, 0.1) is 5.92 Å². The Morgan fingerprint density at radius 3 is 2.71 bits per heavy atom. The molecule has 31 heavy (non-hydrogen) atoms. The van der Waals surface area contributed by atoms with E-state index in [4.69, 9.17) is 0 Å². The van der Waals surface area contributed by atoms with E-state index in [9.17, 15) is 13.2 Å². The lowest BCUT2D eigenvalue weighted by Crippen LogP contribution is -2.40. The van der Waals surface area contributed by atoms with E-state index in [1.54, 1.807) is 6.20 Å². The summed E-state index contributed by atoms with van der Waals surface area (Å²) in [6, 6.07) is 12.1. The van der Waals surface area contributed by atoms with Gasteiger partial charge in [-0.25, -0.2) is 12.7 Å². The predicted molar refractivity (Wildman–Crippen MR) is 121 cm³/mol. The molecule has 3 N–H and O–H groups in total. The third-order valence-corrected chi connectivity index (χ3v) is 7.32. The molecule has 1 amide bonds. The van der Waals surface area contributed by atoms with Crippen molar-refractivity contribution >= 4 is 43.4 Å². The zero-order valence-electron chi connectivity index (χ0n) is 17.1. The molecule has 0 atom stereocenters. The molecule has 8 nitrogen and oxygen atoms in total. The number of aromatic amines is 2. The molecule has 4 aromatic rings. The summed E-state index contributed by atoms with van der Waals surface area (Å²) in [6.07, 6.45) is 5.84. The van der Waals surface area contributed by atoms with Gasteiger partial charge in [-0.05, 0) is 48.2 Å². The van der Waals surface area contributed by atoms with Gasteiger partial charge in [0.05, 0.1) is 23.7 Å². The summed E-state index contributed by atoms with van der Waals surface area (Å²) in [6.45, 7) is 0.737. The Labute approximate surface area is 179 Å². The van der Waals surface area contributed by atoms with Gasteiger partial charge in [-0.3, -0.25) is 9.89 Å². The molecule has 0 radical (unpaired) electrons. The Hall–Kier alpha value is -3.17. The van der Waals surface area contributed by atoms with Crippen molar-refractivity contribution in [1.82, 2.24) is 19.5 Å². The van der Waals surface area contributed by atoms with Gasteiger partial charge < -0.3 is 10.3 Å². The van der Waals surface area contributed by atoms with E-state index < -0.39 is 10.0 Å². The molecule has 1 aliphatic heterocycles. The number of carbonyl (C=O) groups excluding carboxylic acids is 1. The topological polar surface area (TPSA) is 111 Å². The number of fused-ring (bicyclic) bond motifs is 2. The molecule has 5 rings (SSSR count). The molecule has 0 bridgehead atoms. The fraction of sp³-hybridized carbons (Fsp3) is 0.273. The van der Waals surface area contributed by atoms with Gasteiger partial charge in [0, 0.05) is 41.5 Å². The molecule has 1 fully saturated rings. The van der Waals surface area contributed by atoms with E-state index in [0.717, 1.165) is 32.9 Å². The van der Waals surface area contributed by atoms with Crippen LogP contribution in [0.25, 0.3) is 32.9 Å². The summed E-state index contributed by atoms with van der Waals surface area (Å²) in [4.78, 5) is 16.2. The molecule has 1 saturated heterocycles. The minimum absolute atomic E-state index is 0.0901. The van der Waals surface area contributed by atoms with Gasteiger partial charge in [0.1, 0.15) is 0 Å². The maximum absolute atomic E-state index is 13.0. The van der Waals surface area contributed by atoms with Crippen molar-refractivity contribution in [3.05, 3.63) is 48.8 Å². The number of carbonyl (C=O) groups is 1. The molecule has 9 heteroatoms. The van der Waals surface area contributed by atoms with Gasteiger partial charge in [0.15, 0.2) is 0 Å². The molecule has 0 spiro atoms. The quantitative estimate of drug-likeness (QED) is 0.455. The van der Waals surface area contributed by atoms with Gasteiger partial charge >= 0.3 is 0 Å². The first-order valence-electron chi connectivity index (χ1n) is 10.2. The zero-order chi connectivity index (χ0) is 21.6. The van der Waals surface area contributed by atoms with Crippen LogP contribution in [0.2, 0.25) is 0 Å². The summed E-state index contributed by atoms with van der Waals surface area (Å²) in [5, 5.41) is 12.2. The predicted octanol–water partition coefficient (Wildman–Crippen LogP) is 3.32. The Balaban J connectivity index is 1.45. The smallest absolute Gasteiger partial charge is 0.227 e. The number of benzene rings is 2. The van der Waals surface area contributed by atoms with Gasteiger partial charge in [-0.15, -0.1) is 0 Å². The van der Waals surface area contributed by atoms with Crippen LogP contribution in [-0.4, -0.2) is 53.2 Å². The van der Waals surface area contributed by atoms with Crippen molar-refractivity contribution in [2.75, 3.05) is 24.7 Å². The fourth-order valence-electron chi connectivity index (χ4n) is 4.33. The Bertz CT molecular complexity index is 1380. The normalized spacial score (nSPS) is 16.2. The standard InChI is InChI=1S/C22H23N5O3S/c1-31(29,30)27-9-6-14(7-10-27)22(28)25-20-11-15(12-21-18(20)13-24-26-21)16-3-2-4-19-17(16)5-8-23-19/h2-5,8,11-14,23H,6-7,9-10H2,1H3,(H,24,26)(H,25,28). The maximum atomic E-state index is 13.0. The van der Waals surface area contributed by atoms with Crippen LogP contribution in [0.4, 0.5) is 5.69 Å². The zero-order valence-corrected chi connectivity index (χ0v) is 17.9. The third kappa shape index (κ3) is 3.70. The number of rotatable bonds is 4. The molecule has 0 aliphatic carbocycles. The third-order valence-electron chi connectivity index (χ3n) is 6.02. The highest BCUT2D eigenvalue weighted by Gasteiger charge is 2.29. The van der Waals surface area contributed by atoms with E-state index in [2.05, 4.69) is 26.6 Å². The van der Waals surface area contributed by atoms with Gasteiger partial charge in [-0.2, -0.15) is 5.10 Å². The number of aromatic nitrogens is 3. The van der Waals surface area contributed by atoms with Crippen LogP contribution in [0.5, 0.6) is 0 Å². The van der Waals surface area contributed by atoms with Crippen LogP contribution < -0.4 is 5.32 Å². The van der Waals surface area contributed by atoms with Crippen molar-refractivity contribution in [3.63, 3.8) is 0 Å². The molecule has 2 aromatic heterocycles. The second kappa shape index (κ2) is 7.51. The molecule has 1 aliphatic rings. The van der Waals surface area contributed by atoms with E-state index >= 15 is 0 Å². The summed E-state index contributed by atoms with van der Waals surface area (Å²) in [5.41, 5.74) is 4.62. The molecular formula is C22H23N5O3S. The number of H-pyrrole nitrogens is 2. The second-order valence-corrected chi connectivity index (χ2v) is 10.0. The first-order chi connectivity index (χ1) is 14.9. The van der Waals surface area contributed by atoms with E-state index in [1.165, 1.54) is 10.6 Å². The lowest BCUT2D eigenvalue weighted by Gasteiger charge is -2.29. The van der Waals surface area contributed by atoms with Gasteiger partial charge in [-0.1, -0.05) is 12.1 Å². The van der Waals surface area contributed by atoms with E-state index in [1.807, 2.05) is 36.5 Å². The molecule has 0 unspecified atom stereocenters. The highest BCUT2D eigenvalue weighted by atomic mass is 32.2. The van der Waals surface area contributed by atoms with Crippen molar-refractivity contribution < 1.29 is 13.2 Å². The van der Waals surface area contributed by atoms with Crippen LogP contribution in [-0.2, 0) is 14.8 Å². The summed E-state index contributed by atoms with van der Waals surface area (Å²) in [7, 11) is -3.22. The second-order valence-electron chi connectivity index (χ2n) is 8.03. The number of nitrogens with one attached hydrogen (secondary N) is 3. The van der Waals surface area contributed by atoms with Crippen LogP contribution in [0.1, 0.15) is 12.8 Å². The Kier molecular flexibility index (Phi) is 4.79. The van der Waals surface area contributed by atoms with E-state index in [0.29, 0.717) is 31.6 Å². The number of amides is 1. The van der Waals surface area contributed by atoms with Crippen molar-refractivity contribution in [2.45, 2.75) is 12.8 Å². The number of hydrogen-bond donors (Lipinski definition) is 3. The lowest BCUT2D eigenvalue weighted by atomic mass is 9.96. The van der Waals surface area contributed by atoms with Gasteiger partial charge in [0.25, 0.3) is 0 Å². The SMILES string of the molecule is CS(=O)(=O)N1CCC(C(=O)Nc2cc(-c3cccc4[nH]ccc34)cc3[nH]ncc23)CC1. The minimum Gasteiger partial charge on any atom is -0.361 e. The Morgan fingerprint density at radius 2 is 1.94 bits per heavy atom.